The first kappa shape index (κ1) is 23.5. The van der Waals surface area contributed by atoms with Crippen molar-refractivity contribution >= 4 is 18.0 Å². The van der Waals surface area contributed by atoms with Crippen LogP contribution in [0.5, 0.6) is 0 Å². The molecule has 0 fully saturated rings. The van der Waals surface area contributed by atoms with Crippen LogP contribution in [0.2, 0.25) is 0 Å². The van der Waals surface area contributed by atoms with Gasteiger partial charge in [-0.3, -0.25) is 14.4 Å². The highest BCUT2D eigenvalue weighted by molar-refractivity contribution is 8.56. The van der Waals surface area contributed by atoms with Gasteiger partial charge in [-0.2, -0.15) is 0 Å². The molecule has 0 N–H and O–H groups in total. The molecule has 6 heteroatoms. The van der Waals surface area contributed by atoms with Gasteiger partial charge in [0, 0.05) is 49.7 Å². The zero-order valence-corrected chi connectivity index (χ0v) is 18.4. The minimum absolute atomic E-state index is 0.480. The Balaban J connectivity index is 4.22. The van der Waals surface area contributed by atoms with Gasteiger partial charge in [0.25, 0.3) is 6.57 Å². The minimum atomic E-state index is -2.56. The van der Waals surface area contributed by atoms with Crippen LogP contribution < -0.4 is 0 Å². The Bertz CT molecular complexity index is 317. The van der Waals surface area contributed by atoms with Crippen LogP contribution in [-0.2, 0) is 9.09 Å². The van der Waals surface area contributed by atoms with E-state index in [0.717, 1.165) is 18.8 Å². The fraction of sp³-hybridized carbons (Fsp3) is 1.00. The van der Waals surface area contributed by atoms with Crippen LogP contribution in [0.15, 0.2) is 0 Å². The van der Waals surface area contributed by atoms with E-state index in [4.69, 9.17) is 4.52 Å². The monoisotopic (exact) mass is 366 g/mol. The first-order valence-corrected chi connectivity index (χ1v) is 12.5. The lowest BCUT2D eigenvalue weighted by atomic mass is 10.2. The Kier molecular flexibility index (Phi) is 11.4. The molecule has 0 aliphatic carbocycles. The number of hydrogen-bond acceptors (Lipinski definition) is 5. The van der Waals surface area contributed by atoms with Crippen molar-refractivity contribution in [1.82, 2.24) is 9.80 Å². The Morgan fingerprint density at radius 3 is 1.61 bits per heavy atom. The van der Waals surface area contributed by atoms with Crippen molar-refractivity contribution in [1.29, 1.82) is 0 Å². The maximum absolute atomic E-state index is 12.6. The average Bonchev–Trinajstić information content (AvgIpc) is 2.37. The van der Waals surface area contributed by atoms with Crippen molar-refractivity contribution < 1.29 is 9.09 Å². The summed E-state index contributed by atoms with van der Waals surface area (Å²) in [5, 5.41) is 0. The Hall–Kier alpha value is 0.460. The van der Waals surface area contributed by atoms with Crippen LogP contribution in [0, 0.1) is 0 Å². The number of hydrogen-bond donors (Lipinski definition) is 0. The third-order valence-corrected chi connectivity index (χ3v) is 7.76. The van der Waals surface area contributed by atoms with Crippen LogP contribution in [0.25, 0.3) is 0 Å². The SMILES string of the molecule is CC(C)N(CCOP(C)(=O)SCCN(C(C)C)C(C)C)C(C)C. The second kappa shape index (κ2) is 11.1. The summed E-state index contributed by atoms with van der Waals surface area (Å²) in [6.45, 7) is 19.1. The van der Waals surface area contributed by atoms with Crippen molar-refractivity contribution in [2.75, 3.05) is 32.1 Å². The van der Waals surface area contributed by atoms with E-state index in [1.165, 1.54) is 11.4 Å². The third kappa shape index (κ3) is 10.1. The quantitative estimate of drug-likeness (QED) is 0.464. The number of rotatable bonds is 12. The molecule has 0 saturated carbocycles. The van der Waals surface area contributed by atoms with Crippen molar-refractivity contribution in [3.63, 3.8) is 0 Å². The molecule has 1 atom stereocenters. The average molecular weight is 367 g/mol. The third-order valence-electron chi connectivity index (χ3n) is 4.00. The zero-order chi connectivity index (χ0) is 18.2. The van der Waals surface area contributed by atoms with Crippen LogP contribution in [0.3, 0.4) is 0 Å². The fourth-order valence-corrected chi connectivity index (χ4v) is 5.69. The smallest absolute Gasteiger partial charge is 0.254 e. The summed E-state index contributed by atoms with van der Waals surface area (Å²) in [5.74, 6) is 0.849. The van der Waals surface area contributed by atoms with Gasteiger partial charge in [0.2, 0.25) is 0 Å². The molecule has 0 bridgehead atoms. The highest BCUT2D eigenvalue weighted by atomic mass is 32.7. The molecule has 0 rings (SSSR count). The Morgan fingerprint density at radius 2 is 1.22 bits per heavy atom. The summed E-state index contributed by atoms with van der Waals surface area (Å²) in [4.78, 5) is 4.79. The van der Waals surface area contributed by atoms with E-state index in [2.05, 4.69) is 65.2 Å². The summed E-state index contributed by atoms with van der Waals surface area (Å²) in [7, 11) is 0. The van der Waals surface area contributed by atoms with Crippen molar-refractivity contribution in [3.05, 3.63) is 0 Å². The molecule has 4 nitrogen and oxygen atoms in total. The van der Waals surface area contributed by atoms with Gasteiger partial charge in [-0.15, -0.1) is 0 Å². The largest absolute Gasteiger partial charge is 0.320 e. The molecule has 0 saturated heterocycles. The van der Waals surface area contributed by atoms with Gasteiger partial charge in [-0.1, -0.05) is 11.4 Å². The van der Waals surface area contributed by atoms with Gasteiger partial charge in [-0.25, -0.2) is 0 Å². The standard InChI is InChI=1S/C17H39N2O2PS/c1-14(2)18(15(3)4)10-12-21-22(9,20)23-13-11-19(16(5)6)17(7)8/h14-17H,10-13H2,1-9H3. The van der Waals surface area contributed by atoms with E-state index in [9.17, 15) is 4.57 Å². The number of nitrogens with zero attached hydrogens (tertiary/aromatic N) is 2. The summed E-state index contributed by atoms with van der Waals surface area (Å²) in [5.41, 5.74) is 0. The molecular weight excluding hydrogens is 327 g/mol. The predicted molar refractivity (Wildman–Crippen MR) is 106 cm³/mol. The van der Waals surface area contributed by atoms with Gasteiger partial charge >= 0.3 is 0 Å². The van der Waals surface area contributed by atoms with Gasteiger partial charge in [-0.05, 0) is 55.4 Å². The molecule has 0 radical (unpaired) electrons. The molecule has 23 heavy (non-hydrogen) atoms. The molecule has 0 aromatic rings. The van der Waals surface area contributed by atoms with Gasteiger partial charge < -0.3 is 4.52 Å². The molecule has 0 heterocycles. The Labute approximate surface area is 148 Å². The summed E-state index contributed by atoms with van der Waals surface area (Å²) < 4.78 is 18.3. The van der Waals surface area contributed by atoms with E-state index < -0.39 is 6.57 Å². The van der Waals surface area contributed by atoms with E-state index in [1.807, 2.05) is 0 Å². The summed E-state index contributed by atoms with van der Waals surface area (Å²) in [6.07, 6.45) is 0. The second-order valence-corrected chi connectivity index (χ2v) is 12.5. The lowest BCUT2D eigenvalue weighted by Gasteiger charge is -2.31. The van der Waals surface area contributed by atoms with Crippen molar-refractivity contribution in [3.8, 4) is 0 Å². The van der Waals surface area contributed by atoms with Gasteiger partial charge in [0.05, 0.1) is 6.61 Å². The molecule has 0 aliphatic rings. The normalized spacial score (nSPS) is 15.6. The maximum atomic E-state index is 12.6. The molecule has 0 amide bonds. The molecule has 140 valence electrons. The van der Waals surface area contributed by atoms with Crippen LogP contribution in [-0.4, -0.2) is 66.1 Å². The van der Waals surface area contributed by atoms with Gasteiger partial charge in [0.1, 0.15) is 0 Å². The highest BCUT2D eigenvalue weighted by Gasteiger charge is 2.20. The maximum Gasteiger partial charge on any atom is 0.254 e. The first-order valence-electron chi connectivity index (χ1n) is 8.86. The molecule has 0 aromatic heterocycles. The van der Waals surface area contributed by atoms with E-state index in [1.54, 1.807) is 6.66 Å². The Morgan fingerprint density at radius 1 is 0.826 bits per heavy atom. The minimum Gasteiger partial charge on any atom is -0.320 e. The molecule has 0 aromatic carbocycles. The topological polar surface area (TPSA) is 32.8 Å². The lowest BCUT2D eigenvalue weighted by molar-refractivity contribution is 0.144. The van der Waals surface area contributed by atoms with E-state index in [0.29, 0.717) is 30.8 Å². The zero-order valence-electron chi connectivity index (χ0n) is 16.7. The first-order chi connectivity index (χ1) is 10.5. The van der Waals surface area contributed by atoms with E-state index >= 15 is 0 Å². The second-order valence-electron chi connectivity index (χ2n) is 7.29. The summed E-state index contributed by atoms with van der Waals surface area (Å²) in [6, 6.07) is 1.98. The van der Waals surface area contributed by atoms with E-state index in [-0.39, 0.29) is 0 Å². The predicted octanol–water partition coefficient (Wildman–Crippen LogP) is 4.80. The van der Waals surface area contributed by atoms with Crippen molar-refractivity contribution in [2.45, 2.75) is 79.6 Å². The van der Waals surface area contributed by atoms with Gasteiger partial charge in [0.15, 0.2) is 0 Å². The van der Waals surface area contributed by atoms with Crippen LogP contribution >= 0.6 is 18.0 Å². The molecule has 0 aliphatic heterocycles. The lowest BCUT2D eigenvalue weighted by Crippen LogP contribution is -2.39. The molecule has 1 unspecified atom stereocenters. The van der Waals surface area contributed by atoms with Crippen LogP contribution in [0.1, 0.15) is 55.4 Å². The summed E-state index contributed by atoms with van der Waals surface area (Å²) >= 11 is 1.48. The molecule has 0 spiro atoms. The highest BCUT2D eigenvalue weighted by Crippen LogP contribution is 2.55. The van der Waals surface area contributed by atoms with Crippen LogP contribution in [0.4, 0.5) is 0 Å². The van der Waals surface area contributed by atoms with Crippen molar-refractivity contribution in [2.24, 2.45) is 0 Å². The molecular formula is C17H39N2O2PS. The fourth-order valence-electron chi connectivity index (χ4n) is 2.89.